The number of rotatable bonds is 2. The molecule has 0 nitrogen and oxygen atoms in total. The SMILES string of the molecule is CC12CC3CC(C)(C1)CC(C(Cl)c1sccc1Br)(C3)C2. The van der Waals surface area contributed by atoms with E-state index in [1.807, 2.05) is 11.3 Å². The Morgan fingerprint density at radius 2 is 1.85 bits per heavy atom. The van der Waals surface area contributed by atoms with Crippen LogP contribution in [0, 0.1) is 22.2 Å². The molecule has 4 bridgehead atoms. The van der Waals surface area contributed by atoms with Gasteiger partial charge < -0.3 is 0 Å². The molecule has 4 fully saturated rings. The summed E-state index contributed by atoms with van der Waals surface area (Å²) >= 11 is 12.6. The Morgan fingerprint density at radius 1 is 1.20 bits per heavy atom. The highest BCUT2D eigenvalue weighted by molar-refractivity contribution is 9.10. The Balaban J connectivity index is 1.75. The predicted molar refractivity (Wildman–Crippen MR) is 90.5 cm³/mol. The van der Waals surface area contributed by atoms with Crippen LogP contribution in [-0.2, 0) is 0 Å². The first kappa shape index (κ1) is 14.1. The van der Waals surface area contributed by atoms with Crippen molar-refractivity contribution < 1.29 is 0 Å². The summed E-state index contributed by atoms with van der Waals surface area (Å²) in [5, 5.41) is 2.36. The summed E-state index contributed by atoms with van der Waals surface area (Å²) in [7, 11) is 0. The molecule has 0 spiro atoms. The van der Waals surface area contributed by atoms with Gasteiger partial charge in [0, 0.05) is 9.35 Å². The molecule has 0 aliphatic heterocycles. The van der Waals surface area contributed by atoms with Crippen molar-refractivity contribution in [2.45, 2.75) is 57.7 Å². The Hall–Kier alpha value is 0.470. The summed E-state index contributed by atoms with van der Waals surface area (Å²) < 4.78 is 1.22. The van der Waals surface area contributed by atoms with Crippen LogP contribution in [0.25, 0.3) is 0 Å². The van der Waals surface area contributed by atoms with Crippen LogP contribution in [0.4, 0.5) is 0 Å². The molecule has 0 amide bonds. The van der Waals surface area contributed by atoms with E-state index in [1.54, 1.807) is 0 Å². The zero-order valence-corrected chi connectivity index (χ0v) is 15.4. The van der Waals surface area contributed by atoms with E-state index in [4.69, 9.17) is 11.6 Å². The maximum absolute atomic E-state index is 7.08. The van der Waals surface area contributed by atoms with Crippen molar-refractivity contribution in [1.82, 2.24) is 0 Å². The first-order valence-corrected chi connectivity index (χ1v) is 9.81. The highest BCUT2D eigenvalue weighted by atomic mass is 79.9. The number of thiophene rings is 1. The van der Waals surface area contributed by atoms with E-state index < -0.39 is 0 Å². The molecule has 1 aromatic rings. The molecule has 3 heteroatoms. The summed E-state index contributed by atoms with van der Waals surface area (Å²) in [5.41, 5.74) is 1.44. The topological polar surface area (TPSA) is 0 Å². The standard InChI is InChI=1S/C17H22BrClS/c1-15-5-11-6-16(2,8-15)10-17(7-11,9-15)14(19)13-12(18)3-4-20-13/h3-4,11,14H,5-10H2,1-2H3. The predicted octanol–water partition coefficient (Wildman–Crippen LogP) is 6.79. The molecule has 0 radical (unpaired) electrons. The van der Waals surface area contributed by atoms with Gasteiger partial charge in [-0.25, -0.2) is 0 Å². The number of halogens is 2. The molecular formula is C17H22BrClS. The van der Waals surface area contributed by atoms with Gasteiger partial charge in [0.2, 0.25) is 0 Å². The largest absolute Gasteiger partial charge is 0.146 e. The van der Waals surface area contributed by atoms with Crippen molar-refractivity contribution in [2.75, 3.05) is 0 Å². The zero-order valence-electron chi connectivity index (χ0n) is 12.2. The third-order valence-corrected chi connectivity index (χ3v) is 8.83. The molecule has 5 rings (SSSR count). The maximum Gasteiger partial charge on any atom is 0.0746 e. The van der Waals surface area contributed by atoms with Gasteiger partial charge in [0.1, 0.15) is 0 Å². The monoisotopic (exact) mass is 372 g/mol. The summed E-state index contributed by atoms with van der Waals surface area (Å²) in [4.78, 5) is 1.36. The van der Waals surface area contributed by atoms with E-state index >= 15 is 0 Å². The fourth-order valence-electron chi connectivity index (χ4n) is 6.58. The second kappa shape index (κ2) is 4.26. The van der Waals surface area contributed by atoms with Crippen molar-refractivity contribution >= 4 is 38.9 Å². The van der Waals surface area contributed by atoms with Crippen LogP contribution < -0.4 is 0 Å². The van der Waals surface area contributed by atoms with Gasteiger partial charge >= 0.3 is 0 Å². The Morgan fingerprint density at radius 3 is 2.35 bits per heavy atom. The third kappa shape index (κ3) is 1.97. The van der Waals surface area contributed by atoms with Gasteiger partial charge in [-0.3, -0.25) is 0 Å². The Bertz CT molecular complexity index is 533. The zero-order chi connectivity index (χ0) is 14.2. The van der Waals surface area contributed by atoms with Crippen LogP contribution in [0.5, 0.6) is 0 Å². The maximum atomic E-state index is 7.08. The molecule has 0 aromatic carbocycles. The average molecular weight is 374 g/mol. The van der Waals surface area contributed by atoms with E-state index in [2.05, 4.69) is 41.2 Å². The van der Waals surface area contributed by atoms with Gasteiger partial charge in [0.15, 0.2) is 0 Å². The second-order valence-electron chi connectivity index (χ2n) is 8.49. The highest BCUT2D eigenvalue weighted by Crippen LogP contribution is 2.73. The number of hydrogen-bond acceptors (Lipinski definition) is 1. The van der Waals surface area contributed by atoms with Crippen LogP contribution in [0.1, 0.15) is 62.6 Å². The van der Waals surface area contributed by atoms with Crippen molar-refractivity contribution in [3.05, 3.63) is 20.8 Å². The second-order valence-corrected chi connectivity index (χ2v) is 10.7. The van der Waals surface area contributed by atoms with Crippen molar-refractivity contribution in [2.24, 2.45) is 22.2 Å². The van der Waals surface area contributed by atoms with Crippen LogP contribution in [-0.4, -0.2) is 0 Å². The minimum atomic E-state index is 0.193. The first-order chi connectivity index (χ1) is 9.33. The van der Waals surface area contributed by atoms with E-state index in [-0.39, 0.29) is 5.38 Å². The summed E-state index contributed by atoms with van der Waals surface area (Å²) in [5.74, 6) is 0.918. The minimum Gasteiger partial charge on any atom is -0.146 e. The molecule has 20 heavy (non-hydrogen) atoms. The van der Waals surface area contributed by atoms with E-state index in [0.717, 1.165) is 5.92 Å². The van der Waals surface area contributed by atoms with Gasteiger partial charge in [-0.05, 0) is 88.1 Å². The Labute approximate surface area is 139 Å². The highest BCUT2D eigenvalue weighted by Gasteiger charge is 2.62. The van der Waals surface area contributed by atoms with Crippen molar-refractivity contribution in [3.63, 3.8) is 0 Å². The van der Waals surface area contributed by atoms with Gasteiger partial charge in [0.05, 0.1) is 5.38 Å². The van der Waals surface area contributed by atoms with Gasteiger partial charge in [-0.1, -0.05) is 13.8 Å². The molecule has 1 heterocycles. The van der Waals surface area contributed by atoms with Crippen molar-refractivity contribution in [3.8, 4) is 0 Å². The lowest BCUT2D eigenvalue weighted by atomic mass is 9.39. The van der Waals surface area contributed by atoms with Crippen LogP contribution in [0.15, 0.2) is 15.9 Å². The third-order valence-electron chi connectivity index (χ3n) is 6.08. The average Bonchev–Trinajstić information content (AvgIpc) is 2.69. The summed E-state index contributed by atoms with van der Waals surface area (Å²) in [6, 6.07) is 2.15. The van der Waals surface area contributed by atoms with E-state index in [0.29, 0.717) is 16.2 Å². The van der Waals surface area contributed by atoms with Gasteiger partial charge in [-0.15, -0.1) is 22.9 Å². The number of alkyl halides is 1. The minimum absolute atomic E-state index is 0.193. The molecule has 0 saturated heterocycles. The summed E-state index contributed by atoms with van der Waals surface area (Å²) in [6.07, 6.45) is 8.35. The first-order valence-electron chi connectivity index (χ1n) is 7.70. The molecule has 1 aromatic heterocycles. The van der Waals surface area contributed by atoms with Gasteiger partial charge in [0.25, 0.3) is 0 Å². The van der Waals surface area contributed by atoms with Crippen LogP contribution in [0.2, 0.25) is 0 Å². The van der Waals surface area contributed by atoms with Gasteiger partial charge in [-0.2, -0.15) is 0 Å². The lowest BCUT2D eigenvalue weighted by Crippen LogP contribution is -2.56. The van der Waals surface area contributed by atoms with E-state index in [9.17, 15) is 0 Å². The van der Waals surface area contributed by atoms with Crippen LogP contribution in [0.3, 0.4) is 0 Å². The molecule has 4 aliphatic carbocycles. The quantitative estimate of drug-likeness (QED) is 0.501. The molecule has 4 aliphatic rings. The summed E-state index contributed by atoms with van der Waals surface area (Å²) in [6.45, 7) is 5.05. The lowest BCUT2D eigenvalue weighted by Gasteiger charge is -2.66. The lowest BCUT2D eigenvalue weighted by molar-refractivity contribution is -0.146. The molecule has 110 valence electrons. The van der Waals surface area contributed by atoms with E-state index in [1.165, 1.54) is 47.9 Å². The smallest absolute Gasteiger partial charge is 0.0746 e. The Kier molecular flexibility index (Phi) is 3.00. The van der Waals surface area contributed by atoms with Crippen LogP contribution >= 0.6 is 38.9 Å². The normalized spacial score (nSPS) is 47.7. The molecular weight excluding hydrogens is 352 g/mol. The number of hydrogen-bond donors (Lipinski definition) is 0. The fourth-order valence-corrected chi connectivity index (χ4v) is 8.95. The molecule has 4 saturated carbocycles. The van der Waals surface area contributed by atoms with Crippen molar-refractivity contribution in [1.29, 1.82) is 0 Å². The molecule has 0 N–H and O–H groups in total. The fraction of sp³-hybridized carbons (Fsp3) is 0.765. The molecule has 3 unspecified atom stereocenters. The molecule has 3 atom stereocenters.